The van der Waals surface area contributed by atoms with Gasteiger partial charge in [0.1, 0.15) is 0 Å². The van der Waals surface area contributed by atoms with E-state index in [0.29, 0.717) is 5.56 Å². The van der Waals surface area contributed by atoms with Gasteiger partial charge >= 0.3 is 5.97 Å². The predicted octanol–water partition coefficient (Wildman–Crippen LogP) is 3.05. The Kier molecular flexibility index (Phi) is 5.62. The molecule has 100 valence electrons. The molecule has 3 nitrogen and oxygen atoms in total. The highest BCUT2D eigenvalue weighted by Crippen LogP contribution is 2.26. The van der Waals surface area contributed by atoms with Crippen molar-refractivity contribution in [3.05, 3.63) is 29.6 Å². The molecule has 2 rings (SSSR count). The smallest absolute Gasteiger partial charge is 0.305 e. The molecule has 1 aromatic carbocycles. The number of phenols is 1. The maximum atomic E-state index is 13.2. The van der Waals surface area contributed by atoms with Gasteiger partial charge in [0, 0.05) is 6.42 Å². The van der Waals surface area contributed by atoms with E-state index in [1.54, 1.807) is 0 Å². The highest BCUT2D eigenvalue weighted by atomic mass is 19.1. The van der Waals surface area contributed by atoms with Crippen LogP contribution in [0.5, 0.6) is 5.75 Å². The number of halogens is 1. The second-order valence-electron chi connectivity index (χ2n) is 4.51. The maximum absolute atomic E-state index is 13.2. The summed E-state index contributed by atoms with van der Waals surface area (Å²) in [6.45, 7) is 2.28. The van der Waals surface area contributed by atoms with Crippen LogP contribution >= 0.6 is 0 Å². The minimum absolute atomic E-state index is 0.108. The van der Waals surface area contributed by atoms with E-state index in [-0.39, 0.29) is 12.8 Å². The van der Waals surface area contributed by atoms with Crippen molar-refractivity contribution in [2.75, 3.05) is 7.11 Å². The fourth-order valence-corrected chi connectivity index (χ4v) is 1.26. The summed E-state index contributed by atoms with van der Waals surface area (Å²) in [6.07, 6.45) is 3.31. The zero-order valence-corrected chi connectivity index (χ0v) is 10.8. The van der Waals surface area contributed by atoms with E-state index in [1.165, 1.54) is 38.2 Å². The Hall–Kier alpha value is -1.58. The van der Waals surface area contributed by atoms with Crippen LogP contribution in [0.4, 0.5) is 4.39 Å². The molecule has 1 aliphatic carbocycles. The van der Waals surface area contributed by atoms with Crippen LogP contribution in [0.15, 0.2) is 18.2 Å². The molecule has 0 heterocycles. The van der Waals surface area contributed by atoms with Crippen molar-refractivity contribution in [1.82, 2.24) is 0 Å². The number of methoxy groups -OCH3 is 1. The molecule has 1 aliphatic rings. The Morgan fingerprint density at radius 2 is 2.11 bits per heavy atom. The van der Waals surface area contributed by atoms with Gasteiger partial charge in [-0.25, -0.2) is 4.39 Å². The van der Waals surface area contributed by atoms with Gasteiger partial charge in [-0.05, 0) is 24.0 Å². The number of benzene rings is 1. The Morgan fingerprint density at radius 3 is 2.61 bits per heavy atom. The molecule has 0 spiro atoms. The number of ether oxygens (including phenoxy) is 1. The zero-order valence-electron chi connectivity index (χ0n) is 10.8. The molecule has 1 aromatic rings. The third kappa shape index (κ3) is 5.17. The summed E-state index contributed by atoms with van der Waals surface area (Å²) < 4.78 is 17.6. The first-order valence-electron chi connectivity index (χ1n) is 6.07. The number of esters is 1. The predicted molar refractivity (Wildman–Crippen MR) is 66.8 cm³/mol. The van der Waals surface area contributed by atoms with E-state index in [0.717, 1.165) is 5.92 Å². The average molecular weight is 254 g/mol. The minimum atomic E-state index is -0.670. The first-order valence-corrected chi connectivity index (χ1v) is 6.07. The first kappa shape index (κ1) is 14.5. The van der Waals surface area contributed by atoms with Crippen LogP contribution in [0.1, 0.15) is 31.7 Å². The topological polar surface area (TPSA) is 46.5 Å². The fourth-order valence-electron chi connectivity index (χ4n) is 1.26. The van der Waals surface area contributed by atoms with Crippen LogP contribution in [0.3, 0.4) is 0 Å². The maximum Gasteiger partial charge on any atom is 0.305 e. The standard InChI is InChI=1S/C10H11FO3.C4H8/c1-14-9(13)6-5-7-3-2-4-8(12)10(7)11;1-4-2-3-4/h2-4,12H,5-6H2,1H3;4H,2-3H2,1H3. The molecule has 0 unspecified atom stereocenters. The Morgan fingerprint density at radius 1 is 1.50 bits per heavy atom. The number of hydrogen-bond acceptors (Lipinski definition) is 3. The molecule has 0 atom stereocenters. The van der Waals surface area contributed by atoms with E-state index in [2.05, 4.69) is 11.7 Å². The van der Waals surface area contributed by atoms with Gasteiger partial charge in [0.15, 0.2) is 11.6 Å². The molecular formula is C14H19FO3. The molecule has 0 amide bonds. The number of aryl methyl sites for hydroxylation is 1. The van der Waals surface area contributed by atoms with Crippen LogP contribution in [0.25, 0.3) is 0 Å². The monoisotopic (exact) mass is 254 g/mol. The normalized spacial score (nSPS) is 13.5. The summed E-state index contributed by atoms with van der Waals surface area (Å²) in [4.78, 5) is 10.8. The number of carbonyl (C=O) groups excluding carboxylic acids is 1. The molecule has 1 fully saturated rings. The van der Waals surface area contributed by atoms with Gasteiger partial charge in [-0.2, -0.15) is 0 Å². The fraction of sp³-hybridized carbons (Fsp3) is 0.500. The van der Waals surface area contributed by atoms with E-state index < -0.39 is 17.5 Å². The Bertz CT molecular complexity index is 400. The highest BCUT2D eigenvalue weighted by molar-refractivity contribution is 5.69. The van der Waals surface area contributed by atoms with Crippen molar-refractivity contribution in [2.24, 2.45) is 5.92 Å². The largest absolute Gasteiger partial charge is 0.505 e. The van der Waals surface area contributed by atoms with Crippen molar-refractivity contribution in [1.29, 1.82) is 0 Å². The molecule has 1 saturated carbocycles. The zero-order chi connectivity index (χ0) is 13.5. The molecule has 1 N–H and O–H groups in total. The molecule has 0 aliphatic heterocycles. The van der Waals surface area contributed by atoms with E-state index in [9.17, 15) is 9.18 Å². The van der Waals surface area contributed by atoms with Gasteiger partial charge < -0.3 is 9.84 Å². The van der Waals surface area contributed by atoms with E-state index >= 15 is 0 Å². The Balaban J connectivity index is 0.000000341. The lowest BCUT2D eigenvalue weighted by Crippen LogP contribution is -2.03. The quantitative estimate of drug-likeness (QED) is 0.843. The second kappa shape index (κ2) is 6.99. The van der Waals surface area contributed by atoms with Crippen LogP contribution in [-0.4, -0.2) is 18.2 Å². The third-order valence-corrected chi connectivity index (χ3v) is 2.75. The van der Waals surface area contributed by atoms with Crippen molar-refractivity contribution >= 4 is 5.97 Å². The lowest BCUT2D eigenvalue weighted by atomic mass is 10.1. The SMILES string of the molecule is CC1CC1.COC(=O)CCc1cccc(O)c1F. The Labute approximate surface area is 107 Å². The van der Waals surface area contributed by atoms with Gasteiger partial charge in [-0.1, -0.05) is 31.9 Å². The summed E-state index contributed by atoms with van der Waals surface area (Å²) in [5.74, 6) is -0.378. The highest BCUT2D eigenvalue weighted by Gasteiger charge is 2.12. The summed E-state index contributed by atoms with van der Waals surface area (Å²) in [6, 6.07) is 4.32. The van der Waals surface area contributed by atoms with Crippen molar-refractivity contribution < 1.29 is 19.0 Å². The van der Waals surface area contributed by atoms with Crippen LogP contribution in [0, 0.1) is 11.7 Å². The molecule has 18 heavy (non-hydrogen) atoms. The van der Waals surface area contributed by atoms with Crippen LogP contribution in [-0.2, 0) is 16.0 Å². The van der Waals surface area contributed by atoms with Crippen LogP contribution in [0.2, 0.25) is 0 Å². The number of hydrogen-bond donors (Lipinski definition) is 1. The van der Waals surface area contributed by atoms with Crippen molar-refractivity contribution in [2.45, 2.75) is 32.6 Å². The summed E-state index contributed by atoms with van der Waals surface area (Å²) in [5, 5.41) is 9.03. The lowest BCUT2D eigenvalue weighted by molar-refractivity contribution is -0.140. The van der Waals surface area contributed by atoms with Crippen LogP contribution < -0.4 is 0 Å². The van der Waals surface area contributed by atoms with Crippen molar-refractivity contribution in [3.8, 4) is 5.75 Å². The summed E-state index contributed by atoms with van der Waals surface area (Å²) in [7, 11) is 1.28. The summed E-state index contributed by atoms with van der Waals surface area (Å²) >= 11 is 0. The van der Waals surface area contributed by atoms with E-state index in [4.69, 9.17) is 5.11 Å². The second-order valence-corrected chi connectivity index (χ2v) is 4.51. The molecule has 0 saturated heterocycles. The third-order valence-electron chi connectivity index (χ3n) is 2.75. The van der Waals surface area contributed by atoms with Gasteiger partial charge in [0.25, 0.3) is 0 Å². The van der Waals surface area contributed by atoms with Crippen molar-refractivity contribution in [3.63, 3.8) is 0 Å². The number of aromatic hydroxyl groups is 1. The average Bonchev–Trinajstić information content (AvgIpc) is 3.14. The molecule has 0 radical (unpaired) electrons. The van der Waals surface area contributed by atoms with Gasteiger partial charge in [-0.3, -0.25) is 4.79 Å². The van der Waals surface area contributed by atoms with Gasteiger partial charge in [0.05, 0.1) is 7.11 Å². The number of carbonyl (C=O) groups is 1. The first-order chi connectivity index (χ1) is 8.54. The minimum Gasteiger partial charge on any atom is -0.505 e. The number of phenolic OH excluding ortho intramolecular Hbond substituents is 1. The lowest BCUT2D eigenvalue weighted by Gasteiger charge is -2.03. The molecule has 0 aromatic heterocycles. The molecule has 4 heteroatoms. The number of rotatable bonds is 3. The summed E-state index contributed by atoms with van der Waals surface area (Å²) in [5.41, 5.74) is 0.315. The van der Waals surface area contributed by atoms with Gasteiger partial charge in [0.2, 0.25) is 0 Å². The molecule has 0 bridgehead atoms. The molecular weight excluding hydrogens is 235 g/mol. The van der Waals surface area contributed by atoms with Gasteiger partial charge in [-0.15, -0.1) is 0 Å². The van der Waals surface area contributed by atoms with E-state index in [1.807, 2.05) is 0 Å².